The molecule has 0 aliphatic rings. The normalized spacial score (nSPS) is 13.5. The van der Waals surface area contributed by atoms with Gasteiger partial charge in [0.1, 0.15) is 0 Å². The lowest BCUT2D eigenvalue weighted by Crippen LogP contribution is -2.22. The average molecular weight is 271 g/mol. The second-order valence-electron chi connectivity index (χ2n) is 4.16. The molecule has 0 saturated heterocycles. The van der Waals surface area contributed by atoms with Crippen molar-refractivity contribution in [2.24, 2.45) is 0 Å². The first-order valence-corrected chi connectivity index (χ1v) is 5.96. The number of nitrogens with one attached hydrogen (secondary N) is 1. The molecule has 1 unspecified atom stereocenters. The Kier molecular flexibility index (Phi) is 5.76. The second-order valence-corrected chi connectivity index (χ2v) is 4.16. The molecule has 0 aliphatic heterocycles. The highest BCUT2D eigenvalue weighted by molar-refractivity contribution is 5.64. The van der Waals surface area contributed by atoms with Crippen LogP contribution in [0.5, 0.6) is 11.5 Å². The largest absolute Gasteiger partial charge is 0.493 e. The van der Waals surface area contributed by atoms with Crippen molar-refractivity contribution in [2.45, 2.75) is 26.5 Å². The molecule has 1 atom stereocenters. The number of hydrogen-bond acceptors (Lipinski definition) is 3. The van der Waals surface area contributed by atoms with Crippen LogP contribution in [0.3, 0.4) is 0 Å². The molecule has 0 heterocycles. The van der Waals surface area contributed by atoms with E-state index in [-0.39, 0.29) is 11.8 Å². The molecule has 1 N–H and O–H groups in total. The molecule has 1 aromatic carbocycles. The smallest absolute Gasteiger partial charge is 0.387 e. The van der Waals surface area contributed by atoms with Gasteiger partial charge in [-0.1, -0.05) is 23.8 Å². The molecule has 106 valence electrons. The lowest BCUT2D eigenvalue weighted by Gasteiger charge is -2.15. The van der Waals surface area contributed by atoms with Crippen molar-refractivity contribution in [3.05, 3.63) is 29.3 Å². The zero-order valence-electron chi connectivity index (χ0n) is 11.5. The molecule has 0 radical (unpaired) electrons. The zero-order chi connectivity index (χ0) is 14.4. The molecule has 0 spiro atoms. The Morgan fingerprint density at radius 3 is 2.58 bits per heavy atom. The van der Waals surface area contributed by atoms with E-state index >= 15 is 0 Å². The van der Waals surface area contributed by atoms with Gasteiger partial charge in [-0.3, -0.25) is 0 Å². The maximum atomic E-state index is 12.5. The molecule has 0 bridgehead atoms. The van der Waals surface area contributed by atoms with Crippen LogP contribution in [-0.4, -0.2) is 26.8 Å². The Morgan fingerprint density at radius 2 is 2.05 bits per heavy atom. The molecule has 0 aliphatic carbocycles. The summed E-state index contributed by atoms with van der Waals surface area (Å²) in [6, 6.07) is 5.18. The van der Waals surface area contributed by atoms with Crippen molar-refractivity contribution in [3.63, 3.8) is 0 Å². The van der Waals surface area contributed by atoms with Crippen molar-refractivity contribution in [3.8, 4) is 11.5 Å². The minimum atomic E-state index is -2.88. The third kappa shape index (κ3) is 4.21. The quantitative estimate of drug-likeness (QED) is 0.861. The van der Waals surface area contributed by atoms with Crippen LogP contribution in [0, 0.1) is 0 Å². The maximum Gasteiger partial charge on any atom is 0.387 e. The molecule has 5 heteroatoms. The Hall–Kier alpha value is -1.62. The second kappa shape index (κ2) is 7.09. The first-order chi connectivity index (χ1) is 8.99. The number of likely N-dealkylation sites (N-methyl/N-ethyl adjacent to an activating group) is 1. The summed E-state index contributed by atoms with van der Waals surface area (Å²) in [7, 11) is 3.26. The summed E-state index contributed by atoms with van der Waals surface area (Å²) in [5.41, 5.74) is 1.58. The van der Waals surface area contributed by atoms with E-state index in [4.69, 9.17) is 4.74 Å². The van der Waals surface area contributed by atoms with E-state index in [0.717, 1.165) is 5.57 Å². The van der Waals surface area contributed by atoms with Crippen molar-refractivity contribution in [1.82, 2.24) is 5.32 Å². The van der Waals surface area contributed by atoms with E-state index in [2.05, 4.69) is 10.1 Å². The van der Waals surface area contributed by atoms with Gasteiger partial charge in [0.05, 0.1) is 7.11 Å². The van der Waals surface area contributed by atoms with Gasteiger partial charge < -0.3 is 14.8 Å². The number of benzene rings is 1. The van der Waals surface area contributed by atoms with Gasteiger partial charge in [-0.2, -0.15) is 8.78 Å². The van der Waals surface area contributed by atoms with Crippen LogP contribution >= 0.6 is 0 Å². The molecule has 1 aromatic rings. The van der Waals surface area contributed by atoms with Gasteiger partial charge in [0.25, 0.3) is 0 Å². The molecule has 0 saturated carbocycles. The molecule has 0 amide bonds. The summed E-state index contributed by atoms with van der Waals surface area (Å²) in [6.45, 7) is 1.03. The van der Waals surface area contributed by atoms with Gasteiger partial charge in [0.15, 0.2) is 11.5 Å². The van der Waals surface area contributed by atoms with Crippen LogP contribution in [0.2, 0.25) is 0 Å². The highest BCUT2D eigenvalue weighted by atomic mass is 19.3. The summed E-state index contributed by atoms with van der Waals surface area (Å²) >= 11 is 0. The predicted octanol–water partition coefficient (Wildman–Crippen LogP) is 3.31. The zero-order valence-corrected chi connectivity index (χ0v) is 11.5. The fourth-order valence-electron chi connectivity index (χ4n) is 1.62. The average Bonchev–Trinajstić information content (AvgIpc) is 2.39. The third-order valence-electron chi connectivity index (χ3n) is 2.94. The first kappa shape index (κ1) is 15.4. The fourth-order valence-corrected chi connectivity index (χ4v) is 1.62. The standard InChI is InChI=1S/C14H19F2NO2/c1-9(10(2)17-3)8-11-6-5-7-12(18-4)13(11)19-14(15)16/h5-8,10,14,17H,1-4H3/b9-8+. The Bertz CT molecular complexity index is 447. The number of alkyl halides is 2. The summed E-state index contributed by atoms with van der Waals surface area (Å²) < 4.78 is 34.5. The first-order valence-electron chi connectivity index (χ1n) is 5.96. The Labute approximate surface area is 112 Å². The molecule has 1 rings (SSSR count). The van der Waals surface area contributed by atoms with Crippen LogP contribution in [-0.2, 0) is 0 Å². The number of methoxy groups -OCH3 is 1. The van der Waals surface area contributed by atoms with Crippen molar-refractivity contribution >= 4 is 6.08 Å². The van der Waals surface area contributed by atoms with Gasteiger partial charge in [-0.15, -0.1) is 0 Å². The predicted molar refractivity (Wildman–Crippen MR) is 71.8 cm³/mol. The van der Waals surface area contributed by atoms with Crippen LogP contribution in [0.25, 0.3) is 6.08 Å². The molecule has 3 nitrogen and oxygen atoms in total. The molecule has 19 heavy (non-hydrogen) atoms. The van der Waals surface area contributed by atoms with Crippen LogP contribution in [0.1, 0.15) is 19.4 Å². The highest BCUT2D eigenvalue weighted by Crippen LogP contribution is 2.34. The summed E-state index contributed by atoms with van der Waals surface area (Å²) in [4.78, 5) is 0. The van der Waals surface area contributed by atoms with Crippen LogP contribution in [0.15, 0.2) is 23.8 Å². The van der Waals surface area contributed by atoms with Gasteiger partial charge in [-0.05, 0) is 27.0 Å². The minimum absolute atomic E-state index is 0.0580. The Morgan fingerprint density at radius 1 is 1.37 bits per heavy atom. The van der Waals surface area contributed by atoms with E-state index in [1.54, 1.807) is 24.3 Å². The highest BCUT2D eigenvalue weighted by Gasteiger charge is 2.14. The van der Waals surface area contributed by atoms with Crippen molar-refractivity contribution in [1.29, 1.82) is 0 Å². The third-order valence-corrected chi connectivity index (χ3v) is 2.94. The number of para-hydroxylation sites is 1. The molecular formula is C14H19F2NO2. The van der Waals surface area contributed by atoms with E-state index in [0.29, 0.717) is 11.3 Å². The lowest BCUT2D eigenvalue weighted by molar-refractivity contribution is -0.0513. The van der Waals surface area contributed by atoms with Gasteiger partial charge in [-0.25, -0.2) is 0 Å². The number of hydrogen-bond donors (Lipinski definition) is 1. The van der Waals surface area contributed by atoms with E-state index < -0.39 is 6.61 Å². The fraction of sp³-hybridized carbons (Fsp3) is 0.429. The summed E-state index contributed by atoms with van der Waals surface area (Å²) in [6.07, 6.45) is 1.81. The van der Waals surface area contributed by atoms with Crippen LogP contribution in [0.4, 0.5) is 8.78 Å². The van der Waals surface area contributed by atoms with E-state index in [1.165, 1.54) is 7.11 Å². The topological polar surface area (TPSA) is 30.5 Å². The maximum absolute atomic E-state index is 12.5. The van der Waals surface area contributed by atoms with Crippen LogP contribution < -0.4 is 14.8 Å². The van der Waals surface area contributed by atoms with Gasteiger partial charge in [0.2, 0.25) is 0 Å². The minimum Gasteiger partial charge on any atom is -0.493 e. The van der Waals surface area contributed by atoms with E-state index in [9.17, 15) is 8.78 Å². The number of rotatable bonds is 6. The van der Waals surface area contributed by atoms with Gasteiger partial charge >= 0.3 is 6.61 Å². The lowest BCUT2D eigenvalue weighted by atomic mass is 10.1. The number of ether oxygens (including phenoxy) is 2. The van der Waals surface area contributed by atoms with Crippen molar-refractivity contribution < 1.29 is 18.3 Å². The van der Waals surface area contributed by atoms with Crippen molar-refractivity contribution in [2.75, 3.05) is 14.2 Å². The Balaban J connectivity index is 3.19. The molecular weight excluding hydrogens is 252 g/mol. The number of halogens is 2. The van der Waals surface area contributed by atoms with E-state index in [1.807, 2.05) is 20.9 Å². The summed E-state index contributed by atoms with van der Waals surface area (Å²) in [5, 5.41) is 3.09. The van der Waals surface area contributed by atoms with Gasteiger partial charge in [0, 0.05) is 11.6 Å². The molecule has 0 fully saturated rings. The molecule has 0 aromatic heterocycles. The monoisotopic (exact) mass is 271 g/mol. The summed E-state index contributed by atoms with van der Waals surface area (Å²) in [5.74, 6) is 0.349. The SMILES string of the molecule is CNC(C)/C(C)=C/c1cccc(OC)c1OC(F)F.